The van der Waals surface area contributed by atoms with Crippen molar-refractivity contribution in [2.75, 3.05) is 0 Å². The SMILES string of the molecule is CCCCC(C=Nc1ccc(CC)c(CC)c1)=Nc1ccc(CC)c(CC)c1. The Morgan fingerprint density at radius 3 is 1.79 bits per heavy atom. The molecule has 28 heavy (non-hydrogen) atoms. The Balaban J connectivity index is 2.30. The molecule has 0 radical (unpaired) electrons. The molecule has 0 fully saturated rings. The largest absolute Gasteiger partial charge is 0.255 e. The van der Waals surface area contributed by atoms with Gasteiger partial charge < -0.3 is 0 Å². The van der Waals surface area contributed by atoms with E-state index < -0.39 is 0 Å². The van der Waals surface area contributed by atoms with Crippen molar-refractivity contribution in [3.8, 4) is 0 Å². The first-order valence-corrected chi connectivity index (χ1v) is 11.0. The van der Waals surface area contributed by atoms with E-state index in [0.29, 0.717) is 0 Å². The maximum Gasteiger partial charge on any atom is 0.0636 e. The van der Waals surface area contributed by atoms with Crippen molar-refractivity contribution in [3.05, 3.63) is 58.7 Å². The molecule has 0 aliphatic rings. The Labute approximate surface area is 171 Å². The third-order valence-corrected chi connectivity index (χ3v) is 5.33. The lowest BCUT2D eigenvalue weighted by molar-refractivity contribution is 0.839. The first-order chi connectivity index (χ1) is 13.6. The Morgan fingerprint density at radius 2 is 1.25 bits per heavy atom. The highest BCUT2D eigenvalue weighted by molar-refractivity contribution is 6.31. The molecule has 2 aromatic carbocycles. The number of unbranched alkanes of at least 4 members (excludes halogenated alkanes) is 1. The van der Waals surface area contributed by atoms with Crippen LogP contribution in [0.4, 0.5) is 11.4 Å². The molecule has 0 unspecified atom stereocenters. The van der Waals surface area contributed by atoms with Crippen molar-refractivity contribution < 1.29 is 0 Å². The lowest BCUT2D eigenvalue weighted by Gasteiger charge is -2.08. The van der Waals surface area contributed by atoms with Crippen LogP contribution in [0.25, 0.3) is 0 Å². The van der Waals surface area contributed by atoms with Crippen LogP contribution >= 0.6 is 0 Å². The summed E-state index contributed by atoms with van der Waals surface area (Å²) in [7, 11) is 0. The number of rotatable bonds is 10. The van der Waals surface area contributed by atoms with Gasteiger partial charge >= 0.3 is 0 Å². The van der Waals surface area contributed by atoms with E-state index >= 15 is 0 Å². The van der Waals surface area contributed by atoms with Gasteiger partial charge in [-0.05, 0) is 85.0 Å². The molecule has 0 spiro atoms. The second kappa shape index (κ2) is 11.6. The summed E-state index contributed by atoms with van der Waals surface area (Å²) >= 11 is 0. The van der Waals surface area contributed by atoms with Gasteiger partial charge in [-0.2, -0.15) is 0 Å². The molecular weight excluding hydrogens is 340 g/mol. The Morgan fingerprint density at radius 1 is 0.714 bits per heavy atom. The predicted molar refractivity (Wildman–Crippen MR) is 125 cm³/mol. The average Bonchev–Trinajstić information content (AvgIpc) is 2.75. The monoisotopic (exact) mass is 376 g/mol. The molecule has 0 heterocycles. The smallest absolute Gasteiger partial charge is 0.0636 e. The number of hydrogen-bond donors (Lipinski definition) is 0. The Hall–Kier alpha value is -2.22. The van der Waals surface area contributed by atoms with E-state index in [9.17, 15) is 0 Å². The zero-order valence-electron chi connectivity index (χ0n) is 18.4. The van der Waals surface area contributed by atoms with E-state index in [1.807, 2.05) is 6.21 Å². The van der Waals surface area contributed by atoms with Crippen LogP contribution in [0.5, 0.6) is 0 Å². The molecule has 2 aromatic rings. The van der Waals surface area contributed by atoms with Gasteiger partial charge in [0.2, 0.25) is 0 Å². The third-order valence-electron chi connectivity index (χ3n) is 5.33. The summed E-state index contributed by atoms with van der Waals surface area (Å²) in [6.45, 7) is 11.1. The van der Waals surface area contributed by atoms with Crippen LogP contribution in [0.15, 0.2) is 46.4 Å². The molecular formula is C26H36N2. The average molecular weight is 377 g/mol. The van der Waals surface area contributed by atoms with Gasteiger partial charge in [0.25, 0.3) is 0 Å². The lowest BCUT2D eigenvalue weighted by Crippen LogP contribution is -2.00. The number of benzene rings is 2. The molecule has 2 nitrogen and oxygen atoms in total. The zero-order chi connectivity index (χ0) is 20.4. The quantitative estimate of drug-likeness (QED) is 0.381. The fraction of sp³-hybridized carbons (Fsp3) is 0.462. The van der Waals surface area contributed by atoms with Crippen molar-refractivity contribution in [2.24, 2.45) is 9.98 Å². The van der Waals surface area contributed by atoms with E-state index in [-0.39, 0.29) is 0 Å². The first-order valence-electron chi connectivity index (χ1n) is 11.0. The highest BCUT2D eigenvalue weighted by Gasteiger charge is 2.04. The number of aliphatic imine (C=N–C) groups is 2. The number of nitrogens with zero attached hydrogens (tertiary/aromatic N) is 2. The summed E-state index contributed by atoms with van der Waals surface area (Å²) in [5, 5.41) is 0. The Kier molecular flexibility index (Phi) is 9.13. The van der Waals surface area contributed by atoms with Gasteiger partial charge in [0, 0.05) is 6.21 Å². The van der Waals surface area contributed by atoms with Gasteiger partial charge in [0.1, 0.15) is 0 Å². The van der Waals surface area contributed by atoms with Crippen LogP contribution < -0.4 is 0 Å². The van der Waals surface area contributed by atoms with Crippen molar-refractivity contribution in [1.82, 2.24) is 0 Å². The summed E-state index contributed by atoms with van der Waals surface area (Å²) in [6.07, 6.45) is 9.47. The second-order valence-electron chi connectivity index (χ2n) is 7.29. The molecule has 0 atom stereocenters. The summed E-state index contributed by atoms with van der Waals surface area (Å²) < 4.78 is 0. The van der Waals surface area contributed by atoms with Crippen LogP contribution in [-0.4, -0.2) is 11.9 Å². The molecule has 0 aromatic heterocycles. The second-order valence-corrected chi connectivity index (χ2v) is 7.29. The predicted octanol–water partition coefficient (Wildman–Crippen LogP) is 7.60. The molecule has 150 valence electrons. The maximum atomic E-state index is 4.94. The Bertz CT molecular complexity index is 815. The topological polar surface area (TPSA) is 24.7 Å². The molecule has 2 heteroatoms. The summed E-state index contributed by atoms with van der Waals surface area (Å²) in [4.78, 5) is 9.70. The van der Waals surface area contributed by atoms with Gasteiger partial charge in [0.15, 0.2) is 0 Å². The van der Waals surface area contributed by atoms with E-state index in [0.717, 1.165) is 62.0 Å². The van der Waals surface area contributed by atoms with Gasteiger partial charge in [-0.1, -0.05) is 53.2 Å². The molecule has 0 aliphatic carbocycles. The van der Waals surface area contributed by atoms with Crippen molar-refractivity contribution >= 4 is 23.3 Å². The highest BCUT2D eigenvalue weighted by Crippen LogP contribution is 2.22. The molecule has 0 bridgehead atoms. The van der Waals surface area contributed by atoms with E-state index in [1.165, 1.54) is 22.3 Å². The summed E-state index contributed by atoms with van der Waals surface area (Å²) in [6, 6.07) is 13.2. The van der Waals surface area contributed by atoms with Gasteiger partial charge in [-0.15, -0.1) is 0 Å². The minimum absolute atomic E-state index is 0.963. The van der Waals surface area contributed by atoms with Gasteiger partial charge in [-0.25, -0.2) is 0 Å². The molecule has 0 aliphatic heterocycles. The number of aryl methyl sites for hydroxylation is 4. The zero-order valence-corrected chi connectivity index (χ0v) is 18.4. The van der Waals surface area contributed by atoms with Crippen LogP contribution in [0.1, 0.15) is 76.1 Å². The fourth-order valence-corrected chi connectivity index (χ4v) is 3.54. The molecule has 0 N–H and O–H groups in total. The van der Waals surface area contributed by atoms with E-state index in [1.54, 1.807) is 0 Å². The molecule has 0 saturated heterocycles. The standard InChI is InChI=1S/C26H36N2/c1-6-11-12-26(28-25-16-14-21(8-3)23(10-5)18-25)19-27-24-15-13-20(7-2)22(9-4)17-24/h13-19H,6-12H2,1-5H3. The van der Waals surface area contributed by atoms with E-state index in [4.69, 9.17) is 9.98 Å². The molecule has 2 rings (SSSR count). The summed E-state index contributed by atoms with van der Waals surface area (Å²) in [5.41, 5.74) is 8.77. The minimum Gasteiger partial charge on any atom is -0.255 e. The normalized spacial score (nSPS) is 12.1. The van der Waals surface area contributed by atoms with Gasteiger partial charge in [-0.3, -0.25) is 9.98 Å². The van der Waals surface area contributed by atoms with Crippen LogP contribution in [0.3, 0.4) is 0 Å². The molecule has 0 amide bonds. The maximum absolute atomic E-state index is 4.94. The van der Waals surface area contributed by atoms with Crippen molar-refractivity contribution in [1.29, 1.82) is 0 Å². The number of hydrogen-bond acceptors (Lipinski definition) is 2. The fourth-order valence-electron chi connectivity index (χ4n) is 3.54. The first kappa shape index (κ1) is 22.1. The van der Waals surface area contributed by atoms with Crippen LogP contribution in [0, 0.1) is 0 Å². The minimum atomic E-state index is 0.963. The van der Waals surface area contributed by atoms with Crippen molar-refractivity contribution in [3.63, 3.8) is 0 Å². The molecule has 0 saturated carbocycles. The van der Waals surface area contributed by atoms with Crippen LogP contribution in [-0.2, 0) is 25.7 Å². The highest BCUT2D eigenvalue weighted by atomic mass is 14.8. The van der Waals surface area contributed by atoms with E-state index in [2.05, 4.69) is 71.0 Å². The van der Waals surface area contributed by atoms with Crippen molar-refractivity contribution in [2.45, 2.75) is 79.6 Å². The summed E-state index contributed by atoms with van der Waals surface area (Å²) in [5.74, 6) is 0. The van der Waals surface area contributed by atoms with Crippen LogP contribution in [0.2, 0.25) is 0 Å². The van der Waals surface area contributed by atoms with Gasteiger partial charge in [0.05, 0.1) is 17.1 Å². The third kappa shape index (κ3) is 6.15. The lowest BCUT2D eigenvalue weighted by atomic mass is 10.0.